The molecule has 0 unspecified atom stereocenters. The van der Waals surface area contributed by atoms with E-state index in [1.54, 1.807) is 11.4 Å². The summed E-state index contributed by atoms with van der Waals surface area (Å²) >= 11 is 5.82. The first-order valence-corrected chi connectivity index (χ1v) is 6.74. The lowest BCUT2D eigenvalue weighted by molar-refractivity contribution is 0.759. The van der Waals surface area contributed by atoms with E-state index in [2.05, 4.69) is 9.97 Å². The molecule has 0 fully saturated rings. The second-order valence-electron chi connectivity index (χ2n) is 4.75. The molecule has 0 aliphatic carbocycles. The van der Waals surface area contributed by atoms with Gasteiger partial charge in [-0.25, -0.2) is 4.79 Å². The molecule has 1 N–H and O–H groups in total. The first kappa shape index (κ1) is 13.0. The molecule has 106 valence electrons. The number of H-pyrrole nitrogens is 1. The molecule has 0 spiro atoms. The summed E-state index contributed by atoms with van der Waals surface area (Å²) < 4.78 is 5.06. The van der Waals surface area contributed by atoms with Crippen molar-refractivity contribution in [3.63, 3.8) is 0 Å². The van der Waals surface area contributed by atoms with Crippen molar-refractivity contribution in [2.45, 2.75) is 20.4 Å². The number of nitrogens with one attached hydrogen (secondary N) is 1. The van der Waals surface area contributed by atoms with Crippen molar-refractivity contribution < 1.29 is 0 Å². The van der Waals surface area contributed by atoms with Crippen LogP contribution in [0, 0.1) is 13.8 Å². The molecule has 8 heteroatoms. The van der Waals surface area contributed by atoms with Crippen molar-refractivity contribution in [1.29, 1.82) is 0 Å². The molecule has 20 heavy (non-hydrogen) atoms. The molecule has 0 bridgehead atoms. The van der Waals surface area contributed by atoms with E-state index in [1.165, 1.54) is 4.57 Å². The van der Waals surface area contributed by atoms with Crippen molar-refractivity contribution in [1.82, 2.24) is 23.5 Å². The number of aryl methyl sites for hydroxylation is 3. The van der Waals surface area contributed by atoms with Gasteiger partial charge < -0.3 is 4.57 Å². The van der Waals surface area contributed by atoms with Crippen LogP contribution in [0.15, 0.2) is 9.59 Å². The number of nitrogens with zero attached hydrogens (tertiary/aromatic N) is 4. The summed E-state index contributed by atoms with van der Waals surface area (Å²) in [5.74, 6) is 1.07. The molecule has 0 atom stereocenters. The van der Waals surface area contributed by atoms with Gasteiger partial charge in [0.2, 0.25) is 5.78 Å². The SMILES string of the molecule is Cc1c(C)n2c3c(=O)[nH]c(=O)n(C)c3nc2n1CCCl. The zero-order valence-corrected chi connectivity index (χ0v) is 12.2. The number of aromatic nitrogens is 5. The van der Waals surface area contributed by atoms with Crippen LogP contribution in [0.3, 0.4) is 0 Å². The normalized spacial score (nSPS) is 11.8. The van der Waals surface area contributed by atoms with E-state index in [-0.39, 0.29) is 0 Å². The van der Waals surface area contributed by atoms with Crippen LogP contribution in [0.1, 0.15) is 11.4 Å². The Morgan fingerprint density at radius 3 is 2.60 bits per heavy atom. The summed E-state index contributed by atoms with van der Waals surface area (Å²) in [7, 11) is 1.58. The van der Waals surface area contributed by atoms with Gasteiger partial charge in [0.05, 0.1) is 0 Å². The number of rotatable bonds is 2. The van der Waals surface area contributed by atoms with E-state index < -0.39 is 11.2 Å². The Morgan fingerprint density at radius 1 is 1.25 bits per heavy atom. The Bertz CT molecular complexity index is 943. The summed E-state index contributed by atoms with van der Waals surface area (Å²) in [6, 6.07) is 0. The van der Waals surface area contributed by atoms with Crippen molar-refractivity contribution in [2.75, 3.05) is 5.88 Å². The molecule has 0 aliphatic heterocycles. The Labute approximate surface area is 118 Å². The Hall–Kier alpha value is -2.02. The second-order valence-corrected chi connectivity index (χ2v) is 5.13. The number of aromatic amines is 1. The minimum absolute atomic E-state index is 0.375. The molecule has 0 aliphatic rings. The van der Waals surface area contributed by atoms with Gasteiger partial charge in [-0.1, -0.05) is 0 Å². The number of fused-ring (bicyclic) bond motifs is 3. The van der Waals surface area contributed by atoms with Crippen molar-refractivity contribution in [2.24, 2.45) is 7.05 Å². The fourth-order valence-electron chi connectivity index (χ4n) is 2.53. The lowest BCUT2D eigenvalue weighted by atomic mass is 10.3. The first-order valence-electron chi connectivity index (χ1n) is 6.20. The van der Waals surface area contributed by atoms with Crippen molar-refractivity contribution in [3.8, 4) is 0 Å². The van der Waals surface area contributed by atoms with E-state index in [0.29, 0.717) is 29.4 Å². The maximum Gasteiger partial charge on any atom is 0.329 e. The number of hydrogen-bond acceptors (Lipinski definition) is 3. The van der Waals surface area contributed by atoms with E-state index in [0.717, 1.165) is 11.4 Å². The minimum Gasteiger partial charge on any atom is -0.313 e. The third-order valence-corrected chi connectivity index (χ3v) is 3.88. The summed E-state index contributed by atoms with van der Waals surface area (Å²) in [5, 5.41) is 0. The van der Waals surface area contributed by atoms with Gasteiger partial charge >= 0.3 is 5.69 Å². The van der Waals surface area contributed by atoms with Crippen LogP contribution in [-0.4, -0.2) is 29.4 Å². The van der Waals surface area contributed by atoms with E-state index in [4.69, 9.17) is 11.6 Å². The fourth-order valence-corrected chi connectivity index (χ4v) is 2.70. The number of halogens is 1. The van der Waals surface area contributed by atoms with Gasteiger partial charge in [-0.15, -0.1) is 11.6 Å². The molecule has 0 saturated carbocycles. The van der Waals surface area contributed by atoms with E-state index in [1.807, 2.05) is 18.4 Å². The minimum atomic E-state index is -0.471. The number of imidazole rings is 2. The molecule has 3 rings (SSSR count). The predicted molar refractivity (Wildman–Crippen MR) is 76.7 cm³/mol. The number of hydrogen-bond donors (Lipinski definition) is 1. The van der Waals surface area contributed by atoms with Gasteiger partial charge in [-0.2, -0.15) is 4.98 Å². The average molecular weight is 296 g/mol. The standard InChI is InChI=1S/C12H14ClN5O2/c1-6-7(2)18-8-9(14-11(18)17(6)5-4-13)16(3)12(20)15-10(8)19/h4-5H2,1-3H3,(H,15,19,20). The molecular weight excluding hydrogens is 282 g/mol. The Morgan fingerprint density at radius 2 is 1.95 bits per heavy atom. The van der Waals surface area contributed by atoms with E-state index >= 15 is 0 Å². The highest BCUT2D eigenvalue weighted by Gasteiger charge is 2.19. The lowest BCUT2D eigenvalue weighted by Gasteiger charge is -2.02. The average Bonchev–Trinajstić information content (AvgIpc) is 2.89. The summed E-state index contributed by atoms with van der Waals surface area (Å²) in [6.45, 7) is 4.47. The monoisotopic (exact) mass is 295 g/mol. The maximum atomic E-state index is 12.1. The molecular formula is C12H14ClN5O2. The molecule has 0 amide bonds. The quantitative estimate of drug-likeness (QED) is 0.701. The van der Waals surface area contributed by atoms with Gasteiger partial charge in [0.15, 0.2) is 11.2 Å². The topological polar surface area (TPSA) is 77.1 Å². The highest BCUT2D eigenvalue weighted by atomic mass is 35.5. The Kier molecular flexibility index (Phi) is 2.75. The van der Waals surface area contributed by atoms with Crippen LogP contribution >= 0.6 is 11.6 Å². The Balaban J connectivity index is 2.61. The zero-order valence-electron chi connectivity index (χ0n) is 11.4. The smallest absolute Gasteiger partial charge is 0.313 e. The first-order chi connectivity index (χ1) is 9.47. The highest BCUT2D eigenvalue weighted by molar-refractivity contribution is 6.17. The third-order valence-electron chi connectivity index (χ3n) is 3.71. The molecule has 0 aromatic carbocycles. The van der Waals surface area contributed by atoms with Gasteiger partial charge in [0.1, 0.15) is 0 Å². The third kappa shape index (κ3) is 1.49. The fraction of sp³-hybridized carbons (Fsp3) is 0.417. The predicted octanol–water partition coefficient (Wildman–Crippen LogP) is 0.532. The zero-order chi connectivity index (χ0) is 14.6. The summed E-state index contributed by atoms with van der Waals surface area (Å²) in [5.41, 5.74) is 1.78. The van der Waals surface area contributed by atoms with Gasteiger partial charge in [-0.3, -0.25) is 18.7 Å². The van der Waals surface area contributed by atoms with E-state index in [9.17, 15) is 9.59 Å². The summed E-state index contributed by atoms with van der Waals surface area (Å²) in [4.78, 5) is 30.5. The molecule has 3 aromatic heterocycles. The van der Waals surface area contributed by atoms with Crippen LogP contribution < -0.4 is 11.2 Å². The van der Waals surface area contributed by atoms with Crippen LogP contribution in [-0.2, 0) is 13.6 Å². The van der Waals surface area contributed by atoms with Gasteiger partial charge in [0, 0.05) is 30.9 Å². The lowest BCUT2D eigenvalue weighted by Crippen LogP contribution is -2.28. The van der Waals surface area contributed by atoms with Crippen LogP contribution in [0.2, 0.25) is 0 Å². The molecule has 0 saturated heterocycles. The summed E-state index contributed by atoms with van der Waals surface area (Å²) in [6.07, 6.45) is 0. The van der Waals surface area contributed by atoms with Gasteiger partial charge in [0.25, 0.3) is 5.56 Å². The molecule has 0 radical (unpaired) electrons. The van der Waals surface area contributed by atoms with Crippen LogP contribution in [0.5, 0.6) is 0 Å². The number of alkyl halides is 1. The van der Waals surface area contributed by atoms with Crippen LogP contribution in [0.4, 0.5) is 0 Å². The van der Waals surface area contributed by atoms with Gasteiger partial charge in [-0.05, 0) is 13.8 Å². The molecule has 3 heterocycles. The largest absolute Gasteiger partial charge is 0.329 e. The molecule has 3 aromatic rings. The second kappa shape index (κ2) is 4.24. The van der Waals surface area contributed by atoms with Crippen LogP contribution in [0.25, 0.3) is 16.9 Å². The van der Waals surface area contributed by atoms with Crippen molar-refractivity contribution in [3.05, 3.63) is 32.2 Å². The molecule has 7 nitrogen and oxygen atoms in total. The maximum absolute atomic E-state index is 12.1. The van der Waals surface area contributed by atoms with Crippen molar-refractivity contribution >= 4 is 28.5 Å². The highest BCUT2D eigenvalue weighted by Crippen LogP contribution is 2.20.